The lowest BCUT2D eigenvalue weighted by Gasteiger charge is -2.31. The van der Waals surface area contributed by atoms with Gasteiger partial charge in [0, 0.05) is 18.9 Å². The normalized spacial score (nSPS) is 41.4. The Morgan fingerprint density at radius 3 is 2.87 bits per heavy atom. The highest BCUT2D eigenvalue weighted by molar-refractivity contribution is 8.13. The van der Waals surface area contributed by atoms with Crippen LogP contribution in [0.1, 0.15) is 27.2 Å². The molecule has 2 aliphatic rings. The van der Waals surface area contributed by atoms with Gasteiger partial charge in [-0.2, -0.15) is 0 Å². The first-order chi connectivity index (χ1) is 7.10. The van der Waals surface area contributed by atoms with E-state index in [9.17, 15) is 0 Å². The topological polar surface area (TPSA) is 33.6 Å². The summed E-state index contributed by atoms with van der Waals surface area (Å²) in [6.07, 6.45) is 1.35. The van der Waals surface area contributed by atoms with E-state index in [1.165, 1.54) is 5.75 Å². The molecule has 3 nitrogen and oxygen atoms in total. The first-order valence-electron chi connectivity index (χ1n) is 5.67. The Balaban J connectivity index is 1.96. The standard InChI is InChI=1S/C11H20N2OS/c1-8-6-12-10(15-7-8)13-11(3)4-5-14-9(11)2/h8-9H,4-7H2,1-3H3,(H,12,13). The zero-order valence-electron chi connectivity index (χ0n) is 9.75. The minimum absolute atomic E-state index is 0.0758. The number of aliphatic imine (C=N–C) groups is 1. The average Bonchev–Trinajstić information content (AvgIpc) is 2.51. The Morgan fingerprint density at radius 1 is 1.53 bits per heavy atom. The molecule has 1 fully saturated rings. The fourth-order valence-corrected chi connectivity index (χ4v) is 2.90. The maximum absolute atomic E-state index is 5.60. The number of thioether (sulfide) groups is 1. The highest BCUT2D eigenvalue weighted by Crippen LogP contribution is 2.27. The third kappa shape index (κ3) is 2.48. The number of rotatable bonds is 1. The van der Waals surface area contributed by atoms with Gasteiger partial charge in [0.2, 0.25) is 0 Å². The second kappa shape index (κ2) is 4.34. The molecule has 2 heterocycles. The van der Waals surface area contributed by atoms with Crippen molar-refractivity contribution in [2.75, 3.05) is 18.9 Å². The zero-order valence-corrected chi connectivity index (χ0v) is 10.6. The summed E-state index contributed by atoms with van der Waals surface area (Å²) >= 11 is 1.84. The van der Waals surface area contributed by atoms with Crippen molar-refractivity contribution >= 4 is 16.9 Å². The lowest BCUT2D eigenvalue weighted by atomic mass is 9.95. The molecular weight excluding hydrogens is 208 g/mol. The van der Waals surface area contributed by atoms with Gasteiger partial charge >= 0.3 is 0 Å². The van der Waals surface area contributed by atoms with E-state index >= 15 is 0 Å². The molecule has 86 valence electrons. The van der Waals surface area contributed by atoms with Gasteiger partial charge in [-0.3, -0.25) is 4.99 Å². The fourth-order valence-electron chi connectivity index (χ4n) is 1.88. The van der Waals surface area contributed by atoms with E-state index < -0.39 is 0 Å². The van der Waals surface area contributed by atoms with Crippen LogP contribution in [-0.4, -0.2) is 35.7 Å². The second-order valence-corrected chi connectivity index (χ2v) is 5.88. The van der Waals surface area contributed by atoms with Crippen LogP contribution in [-0.2, 0) is 4.74 Å². The highest BCUT2D eigenvalue weighted by atomic mass is 32.2. The van der Waals surface area contributed by atoms with Crippen LogP contribution in [0.2, 0.25) is 0 Å². The van der Waals surface area contributed by atoms with Gasteiger partial charge in [-0.15, -0.1) is 0 Å². The van der Waals surface area contributed by atoms with Crippen molar-refractivity contribution in [1.82, 2.24) is 5.32 Å². The quantitative estimate of drug-likeness (QED) is 0.744. The molecule has 0 bridgehead atoms. The van der Waals surface area contributed by atoms with Crippen LogP contribution in [0.25, 0.3) is 0 Å². The predicted octanol–water partition coefficient (Wildman–Crippen LogP) is 1.88. The highest BCUT2D eigenvalue weighted by Gasteiger charge is 2.38. The van der Waals surface area contributed by atoms with E-state index in [1.807, 2.05) is 11.8 Å². The van der Waals surface area contributed by atoms with Crippen molar-refractivity contribution < 1.29 is 4.74 Å². The summed E-state index contributed by atoms with van der Waals surface area (Å²) in [4.78, 5) is 4.57. The van der Waals surface area contributed by atoms with Gasteiger partial charge < -0.3 is 10.1 Å². The van der Waals surface area contributed by atoms with Gasteiger partial charge in [0.25, 0.3) is 0 Å². The first kappa shape index (κ1) is 11.3. The van der Waals surface area contributed by atoms with E-state index in [0.717, 1.165) is 24.7 Å². The summed E-state index contributed by atoms with van der Waals surface area (Å²) in [6, 6.07) is 0. The molecule has 2 aliphatic heterocycles. The van der Waals surface area contributed by atoms with Crippen molar-refractivity contribution in [1.29, 1.82) is 0 Å². The van der Waals surface area contributed by atoms with Crippen molar-refractivity contribution in [3.05, 3.63) is 0 Å². The molecule has 0 aromatic rings. The Morgan fingerprint density at radius 2 is 2.33 bits per heavy atom. The summed E-state index contributed by atoms with van der Waals surface area (Å²) in [5.74, 6) is 1.89. The molecule has 0 saturated carbocycles. The Bertz CT molecular complexity index is 269. The van der Waals surface area contributed by atoms with Crippen LogP contribution in [0.3, 0.4) is 0 Å². The molecule has 3 atom stereocenters. The predicted molar refractivity (Wildman–Crippen MR) is 65.5 cm³/mol. The number of hydrogen-bond donors (Lipinski definition) is 1. The zero-order chi connectivity index (χ0) is 10.9. The Kier molecular flexibility index (Phi) is 3.26. The smallest absolute Gasteiger partial charge is 0.157 e. The molecule has 0 radical (unpaired) electrons. The van der Waals surface area contributed by atoms with Crippen LogP contribution in [0.15, 0.2) is 4.99 Å². The van der Waals surface area contributed by atoms with Crippen LogP contribution < -0.4 is 5.32 Å². The molecule has 3 unspecified atom stereocenters. The molecule has 0 aliphatic carbocycles. The summed E-state index contributed by atoms with van der Waals surface area (Å²) in [6.45, 7) is 8.43. The lowest BCUT2D eigenvalue weighted by Crippen LogP contribution is -2.50. The largest absolute Gasteiger partial charge is 0.376 e. The Hall–Kier alpha value is -0.220. The third-order valence-corrected chi connectivity index (χ3v) is 4.57. The Labute approximate surface area is 96.1 Å². The molecule has 4 heteroatoms. The van der Waals surface area contributed by atoms with Gasteiger partial charge in [0.05, 0.1) is 11.6 Å². The van der Waals surface area contributed by atoms with Gasteiger partial charge in [-0.05, 0) is 26.2 Å². The van der Waals surface area contributed by atoms with E-state index in [1.54, 1.807) is 0 Å². The van der Waals surface area contributed by atoms with E-state index in [2.05, 4.69) is 31.1 Å². The SMILES string of the molecule is CC1CN=C(NC2(C)CCOC2C)SC1. The summed E-state index contributed by atoms with van der Waals surface area (Å²) in [7, 11) is 0. The third-order valence-electron chi connectivity index (χ3n) is 3.33. The molecule has 1 N–H and O–H groups in total. The average molecular weight is 228 g/mol. The summed E-state index contributed by atoms with van der Waals surface area (Å²) < 4.78 is 5.60. The van der Waals surface area contributed by atoms with Crippen LogP contribution in [0.4, 0.5) is 0 Å². The van der Waals surface area contributed by atoms with Crippen molar-refractivity contribution in [3.63, 3.8) is 0 Å². The fraction of sp³-hybridized carbons (Fsp3) is 0.909. The van der Waals surface area contributed by atoms with Gasteiger partial charge in [-0.1, -0.05) is 18.7 Å². The summed E-state index contributed by atoms with van der Waals surface area (Å²) in [5.41, 5.74) is 0.0758. The number of ether oxygens (including phenoxy) is 1. The monoisotopic (exact) mass is 228 g/mol. The molecule has 0 amide bonds. The number of nitrogens with one attached hydrogen (secondary N) is 1. The molecule has 1 saturated heterocycles. The van der Waals surface area contributed by atoms with E-state index in [0.29, 0.717) is 5.92 Å². The number of amidine groups is 1. The molecule has 0 spiro atoms. The molecule has 15 heavy (non-hydrogen) atoms. The molecule has 2 rings (SSSR count). The van der Waals surface area contributed by atoms with Crippen LogP contribution in [0, 0.1) is 5.92 Å². The van der Waals surface area contributed by atoms with Gasteiger partial charge in [-0.25, -0.2) is 0 Å². The van der Waals surface area contributed by atoms with E-state index in [-0.39, 0.29) is 11.6 Å². The number of hydrogen-bond acceptors (Lipinski definition) is 4. The minimum atomic E-state index is 0.0758. The number of nitrogens with zero attached hydrogens (tertiary/aromatic N) is 1. The molecular formula is C11H20N2OS. The van der Waals surface area contributed by atoms with Crippen LogP contribution in [0.5, 0.6) is 0 Å². The van der Waals surface area contributed by atoms with Gasteiger partial charge in [0.15, 0.2) is 5.17 Å². The van der Waals surface area contributed by atoms with E-state index in [4.69, 9.17) is 4.74 Å². The van der Waals surface area contributed by atoms with Crippen molar-refractivity contribution in [2.24, 2.45) is 10.9 Å². The maximum Gasteiger partial charge on any atom is 0.157 e. The van der Waals surface area contributed by atoms with Gasteiger partial charge in [0.1, 0.15) is 0 Å². The maximum atomic E-state index is 5.60. The minimum Gasteiger partial charge on any atom is -0.376 e. The first-order valence-corrected chi connectivity index (χ1v) is 6.66. The molecule has 0 aromatic heterocycles. The van der Waals surface area contributed by atoms with Crippen molar-refractivity contribution in [3.8, 4) is 0 Å². The van der Waals surface area contributed by atoms with Crippen LogP contribution >= 0.6 is 11.8 Å². The lowest BCUT2D eigenvalue weighted by molar-refractivity contribution is 0.0950. The van der Waals surface area contributed by atoms with Crippen molar-refractivity contribution in [2.45, 2.75) is 38.8 Å². The summed E-state index contributed by atoms with van der Waals surface area (Å²) in [5, 5.41) is 4.66. The molecule has 0 aromatic carbocycles. The second-order valence-electron chi connectivity index (χ2n) is 4.87.